The van der Waals surface area contributed by atoms with Crippen LogP contribution in [0.15, 0.2) is 18.3 Å². The van der Waals surface area contributed by atoms with Crippen molar-refractivity contribution in [2.24, 2.45) is 5.73 Å². The Morgan fingerprint density at radius 2 is 2.37 bits per heavy atom. The molecule has 1 aliphatic heterocycles. The van der Waals surface area contributed by atoms with E-state index in [4.69, 9.17) is 10.5 Å². The van der Waals surface area contributed by atoms with Crippen LogP contribution in [0.4, 0.5) is 5.82 Å². The highest BCUT2D eigenvalue weighted by molar-refractivity contribution is 5.93. The molecule has 2 N–H and O–H groups in total. The van der Waals surface area contributed by atoms with Gasteiger partial charge in [-0.25, -0.2) is 4.98 Å². The summed E-state index contributed by atoms with van der Waals surface area (Å²) in [5.74, 6) is 0.818. The molecule has 6 nitrogen and oxygen atoms in total. The first-order valence-electron chi connectivity index (χ1n) is 6.36. The Morgan fingerprint density at radius 3 is 2.95 bits per heavy atom. The van der Waals surface area contributed by atoms with E-state index >= 15 is 0 Å². The molecule has 1 amide bonds. The molecule has 1 fully saturated rings. The van der Waals surface area contributed by atoms with E-state index in [0.29, 0.717) is 18.7 Å². The van der Waals surface area contributed by atoms with Gasteiger partial charge in [0, 0.05) is 39.9 Å². The van der Waals surface area contributed by atoms with Crippen LogP contribution in [0.1, 0.15) is 10.4 Å². The summed E-state index contributed by atoms with van der Waals surface area (Å²) in [6.07, 6.45) is 1.67. The Labute approximate surface area is 113 Å². The molecule has 0 bridgehead atoms. The Kier molecular flexibility index (Phi) is 4.34. The summed E-state index contributed by atoms with van der Waals surface area (Å²) >= 11 is 0. The van der Waals surface area contributed by atoms with Crippen molar-refractivity contribution in [3.63, 3.8) is 0 Å². The zero-order chi connectivity index (χ0) is 13.8. The number of amides is 1. The minimum absolute atomic E-state index is 0.0409. The van der Waals surface area contributed by atoms with Gasteiger partial charge in [0.25, 0.3) is 5.91 Å². The Bertz CT molecular complexity index is 433. The van der Waals surface area contributed by atoms with Crippen molar-refractivity contribution in [2.45, 2.75) is 6.10 Å². The number of aromatic nitrogens is 1. The van der Waals surface area contributed by atoms with Gasteiger partial charge in [-0.15, -0.1) is 0 Å². The lowest BCUT2D eigenvalue weighted by atomic mass is 10.2. The third kappa shape index (κ3) is 3.21. The monoisotopic (exact) mass is 264 g/mol. The van der Waals surface area contributed by atoms with Crippen molar-refractivity contribution < 1.29 is 9.53 Å². The van der Waals surface area contributed by atoms with E-state index in [2.05, 4.69) is 9.88 Å². The van der Waals surface area contributed by atoms with E-state index < -0.39 is 0 Å². The summed E-state index contributed by atoms with van der Waals surface area (Å²) in [5, 5.41) is 0. The summed E-state index contributed by atoms with van der Waals surface area (Å²) in [4.78, 5) is 19.8. The number of nitrogens with zero attached hydrogens (tertiary/aromatic N) is 3. The molecule has 19 heavy (non-hydrogen) atoms. The maximum Gasteiger partial charge on any atom is 0.254 e. The van der Waals surface area contributed by atoms with E-state index in [1.54, 1.807) is 26.4 Å². The second-order valence-electron chi connectivity index (χ2n) is 4.78. The van der Waals surface area contributed by atoms with Crippen molar-refractivity contribution in [3.8, 4) is 0 Å². The van der Waals surface area contributed by atoms with Crippen LogP contribution in [0.2, 0.25) is 0 Å². The molecule has 0 aliphatic carbocycles. The first kappa shape index (κ1) is 13.8. The first-order valence-corrected chi connectivity index (χ1v) is 6.36. The van der Waals surface area contributed by atoms with Gasteiger partial charge < -0.3 is 20.3 Å². The topological polar surface area (TPSA) is 71.7 Å². The van der Waals surface area contributed by atoms with E-state index in [-0.39, 0.29) is 12.0 Å². The molecule has 1 aromatic heterocycles. The lowest BCUT2D eigenvalue weighted by molar-refractivity contribution is 0.0463. The minimum Gasteiger partial charge on any atom is -0.373 e. The average molecular weight is 264 g/mol. The van der Waals surface area contributed by atoms with Gasteiger partial charge in [0.1, 0.15) is 5.82 Å². The number of carbonyl (C=O) groups is 1. The smallest absolute Gasteiger partial charge is 0.254 e. The van der Waals surface area contributed by atoms with Crippen LogP contribution in [-0.2, 0) is 4.74 Å². The number of rotatable bonds is 3. The molecule has 2 rings (SSSR count). The van der Waals surface area contributed by atoms with Crippen molar-refractivity contribution >= 4 is 11.7 Å². The van der Waals surface area contributed by atoms with Gasteiger partial charge in [-0.05, 0) is 12.1 Å². The zero-order valence-corrected chi connectivity index (χ0v) is 11.4. The largest absolute Gasteiger partial charge is 0.373 e. The predicted molar refractivity (Wildman–Crippen MR) is 73.3 cm³/mol. The van der Waals surface area contributed by atoms with Crippen molar-refractivity contribution in [1.29, 1.82) is 0 Å². The molecule has 0 aromatic carbocycles. The molecule has 0 spiro atoms. The molecular formula is C13H20N4O2. The molecule has 2 heterocycles. The molecule has 1 aliphatic rings. The number of morpholine rings is 1. The van der Waals surface area contributed by atoms with Crippen LogP contribution in [0.5, 0.6) is 0 Å². The van der Waals surface area contributed by atoms with Gasteiger partial charge in [0.15, 0.2) is 0 Å². The normalized spacial score (nSPS) is 19.3. The van der Waals surface area contributed by atoms with Gasteiger partial charge in [-0.3, -0.25) is 4.79 Å². The molecule has 1 unspecified atom stereocenters. The van der Waals surface area contributed by atoms with Gasteiger partial charge in [-0.1, -0.05) is 0 Å². The number of hydrogen-bond acceptors (Lipinski definition) is 5. The van der Waals surface area contributed by atoms with Crippen molar-refractivity contribution in [1.82, 2.24) is 9.88 Å². The fourth-order valence-electron chi connectivity index (χ4n) is 2.03. The lowest BCUT2D eigenvalue weighted by Gasteiger charge is -2.33. The highest BCUT2D eigenvalue weighted by Crippen LogP contribution is 2.15. The summed E-state index contributed by atoms with van der Waals surface area (Å²) in [6, 6.07) is 3.67. The fourth-order valence-corrected chi connectivity index (χ4v) is 2.03. The molecule has 0 saturated carbocycles. The van der Waals surface area contributed by atoms with E-state index in [1.807, 2.05) is 6.07 Å². The third-order valence-electron chi connectivity index (χ3n) is 3.13. The molecule has 0 radical (unpaired) electrons. The Morgan fingerprint density at radius 1 is 1.58 bits per heavy atom. The highest BCUT2D eigenvalue weighted by Gasteiger charge is 2.20. The summed E-state index contributed by atoms with van der Waals surface area (Å²) in [5.41, 5.74) is 6.21. The van der Waals surface area contributed by atoms with Crippen LogP contribution in [0.25, 0.3) is 0 Å². The number of ether oxygens (including phenoxy) is 1. The van der Waals surface area contributed by atoms with Crippen LogP contribution >= 0.6 is 0 Å². The van der Waals surface area contributed by atoms with E-state index in [9.17, 15) is 4.79 Å². The fraction of sp³-hybridized carbons (Fsp3) is 0.538. The van der Waals surface area contributed by atoms with Gasteiger partial charge in [-0.2, -0.15) is 0 Å². The highest BCUT2D eigenvalue weighted by atomic mass is 16.5. The molecule has 1 saturated heterocycles. The predicted octanol–water partition coefficient (Wildman–Crippen LogP) is -0.0527. The quantitative estimate of drug-likeness (QED) is 0.828. The number of anilines is 1. The van der Waals surface area contributed by atoms with Crippen LogP contribution in [0.3, 0.4) is 0 Å². The molecule has 1 aromatic rings. The van der Waals surface area contributed by atoms with E-state index in [0.717, 1.165) is 18.9 Å². The van der Waals surface area contributed by atoms with Crippen molar-refractivity contribution in [2.75, 3.05) is 45.2 Å². The maximum atomic E-state index is 11.8. The van der Waals surface area contributed by atoms with Gasteiger partial charge in [0.05, 0.1) is 18.3 Å². The molecular weight excluding hydrogens is 244 g/mol. The standard InChI is InChI=1S/C13H20N4O2/c1-16(2)13(18)10-3-4-12(15-8-10)17-5-6-19-11(7-14)9-17/h3-4,8,11H,5-7,9,14H2,1-2H3. The average Bonchev–Trinajstić information content (AvgIpc) is 2.46. The Balaban J connectivity index is 2.07. The van der Waals surface area contributed by atoms with Crippen LogP contribution in [0, 0.1) is 0 Å². The molecule has 104 valence electrons. The number of carbonyl (C=O) groups excluding carboxylic acids is 1. The summed E-state index contributed by atoms with van der Waals surface area (Å²) in [6.45, 7) is 2.70. The Hall–Kier alpha value is -1.66. The molecule has 1 atom stereocenters. The van der Waals surface area contributed by atoms with E-state index in [1.165, 1.54) is 4.90 Å². The second-order valence-corrected chi connectivity index (χ2v) is 4.78. The second kappa shape index (κ2) is 5.99. The number of hydrogen-bond donors (Lipinski definition) is 1. The summed E-state index contributed by atoms with van der Waals surface area (Å²) in [7, 11) is 3.45. The minimum atomic E-state index is -0.0409. The number of nitrogens with two attached hydrogens (primary N) is 1. The third-order valence-corrected chi connectivity index (χ3v) is 3.13. The SMILES string of the molecule is CN(C)C(=O)c1ccc(N2CCOC(CN)C2)nc1. The zero-order valence-electron chi connectivity index (χ0n) is 11.4. The van der Waals surface area contributed by atoms with Crippen LogP contribution < -0.4 is 10.6 Å². The molecule has 6 heteroatoms. The van der Waals surface area contributed by atoms with Crippen LogP contribution in [-0.4, -0.2) is 62.2 Å². The lowest BCUT2D eigenvalue weighted by Crippen LogP contribution is -2.46. The van der Waals surface area contributed by atoms with Gasteiger partial charge >= 0.3 is 0 Å². The maximum absolute atomic E-state index is 11.8. The summed E-state index contributed by atoms with van der Waals surface area (Å²) < 4.78 is 5.52. The van der Waals surface area contributed by atoms with Gasteiger partial charge in [0.2, 0.25) is 0 Å². The first-order chi connectivity index (χ1) is 9.11. The number of pyridine rings is 1. The van der Waals surface area contributed by atoms with Crippen molar-refractivity contribution in [3.05, 3.63) is 23.9 Å².